The van der Waals surface area contributed by atoms with Gasteiger partial charge in [0, 0.05) is 38.7 Å². The minimum Gasteiger partial charge on any atom is -0.355 e. The molecule has 0 aliphatic heterocycles. The molecule has 1 unspecified atom stereocenters. The second kappa shape index (κ2) is 9.92. The van der Waals surface area contributed by atoms with E-state index >= 15 is 0 Å². The zero-order valence-corrected chi connectivity index (χ0v) is 17.1. The monoisotopic (exact) mass is 432 g/mol. The van der Waals surface area contributed by atoms with Crippen molar-refractivity contribution in [3.05, 3.63) is 66.2 Å². The van der Waals surface area contributed by atoms with E-state index in [0.29, 0.717) is 19.0 Å². The van der Waals surface area contributed by atoms with Gasteiger partial charge in [-0.15, -0.1) is 0 Å². The molecular formula is C20H23F3N8. The van der Waals surface area contributed by atoms with Crippen molar-refractivity contribution in [3.8, 4) is 5.69 Å². The van der Waals surface area contributed by atoms with Crippen molar-refractivity contribution in [2.45, 2.75) is 19.1 Å². The molecule has 1 aromatic carbocycles. The summed E-state index contributed by atoms with van der Waals surface area (Å²) in [6.07, 6.45) is 0.164. The highest BCUT2D eigenvalue weighted by Crippen LogP contribution is 2.27. The maximum absolute atomic E-state index is 12.7. The maximum atomic E-state index is 12.7. The molecule has 31 heavy (non-hydrogen) atoms. The van der Waals surface area contributed by atoms with E-state index in [1.54, 1.807) is 17.9 Å². The van der Waals surface area contributed by atoms with Crippen LogP contribution in [0.4, 0.5) is 19.1 Å². The molecule has 0 fully saturated rings. The van der Waals surface area contributed by atoms with Crippen molar-refractivity contribution < 1.29 is 13.2 Å². The van der Waals surface area contributed by atoms with Gasteiger partial charge in [-0.2, -0.15) is 18.3 Å². The van der Waals surface area contributed by atoms with Gasteiger partial charge in [-0.3, -0.25) is 4.99 Å². The lowest BCUT2D eigenvalue weighted by molar-refractivity contribution is -0.141. The van der Waals surface area contributed by atoms with Crippen LogP contribution in [0.2, 0.25) is 0 Å². The molecule has 0 radical (unpaired) electrons. The number of anilines is 1. The average molecular weight is 432 g/mol. The van der Waals surface area contributed by atoms with Crippen LogP contribution in [0.25, 0.3) is 5.69 Å². The first-order valence-electron chi connectivity index (χ1n) is 9.58. The van der Waals surface area contributed by atoms with Crippen molar-refractivity contribution in [2.24, 2.45) is 4.99 Å². The first-order chi connectivity index (χ1) is 14.9. The first kappa shape index (κ1) is 22.1. The van der Waals surface area contributed by atoms with E-state index in [4.69, 9.17) is 0 Å². The first-order valence-corrected chi connectivity index (χ1v) is 9.58. The Morgan fingerprint density at radius 3 is 2.71 bits per heavy atom. The third kappa shape index (κ3) is 6.17. The Morgan fingerprint density at radius 1 is 1.16 bits per heavy atom. The fourth-order valence-corrected chi connectivity index (χ4v) is 2.80. The Labute approximate surface area is 177 Å². The molecule has 0 amide bonds. The number of nitrogens with zero attached hydrogens (tertiary/aromatic N) is 5. The summed E-state index contributed by atoms with van der Waals surface area (Å²) in [5.41, 5.74) is 1.01. The van der Waals surface area contributed by atoms with Crippen LogP contribution in [0.5, 0.6) is 0 Å². The van der Waals surface area contributed by atoms with Crippen molar-refractivity contribution >= 4 is 11.9 Å². The summed E-state index contributed by atoms with van der Waals surface area (Å²) in [5, 5.41) is 13.4. The predicted molar refractivity (Wildman–Crippen MR) is 112 cm³/mol. The summed E-state index contributed by atoms with van der Waals surface area (Å²) < 4.78 is 39.9. The third-order valence-electron chi connectivity index (χ3n) is 4.36. The topological polar surface area (TPSA) is 92.0 Å². The van der Waals surface area contributed by atoms with Gasteiger partial charge < -0.3 is 16.0 Å². The van der Waals surface area contributed by atoms with Crippen LogP contribution >= 0.6 is 0 Å². The molecule has 164 valence electrons. The smallest absolute Gasteiger partial charge is 0.355 e. The van der Waals surface area contributed by atoms with Gasteiger partial charge in [0.2, 0.25) is 5.95 Å². The Hall–Kier alpha value is -3.63. The van der Waals surface area contributed by atoms with E-state index in [9.17, 15) is 13.2 Å². The lowest BCUT2D eigenvalue weighted by Crippen LogP contribution is -2.40. The van der Waals surface area contributed by atoms with Crippen LogP contribution in [-0.4, -0.2) is 45.8 Å². The SMILES string of the molecule is CN=C(NCCNc1nccc(C(F)(F)F)n1)NC(C)c1cccc(-n2cccn2)c1. The summed E-state index contributed by atoms with van der Waals surface area (Å²) in [5.74, 6) is 0.479. The second-order valence-corrected chi connectivity index (χ2v) is 6.60. The highest BCUT2D eigenvalue weighted by Gasteiger charge is 2.32. The van der Waals surface area contributed by atoms with E-state index < -0.39 is 11.9 Å². The van der Waals surface area contributed by atoms with Crippen LogP contribution < -0.4 is 16.0 Å². The molecule has 11 heteroatoms. The van der Waals surface area contributed by atoms with Gasteiger partial charge in [0.15, 0.2) is 5.96 Å². The molecule has 0 saturated heterocycles. The number of rotatable bonds is 7. The number of aliphatic imine (C=N–C) groups is 1. The Morgan fingerprint density at radius 2 is 2.00 bits per heavy atom. The van der Waals surface area contributed by atoms with Crippen LogP contribution in [-0.2, 0) is 6.18 Å². The summed E-state index contributed by atoms with van der Waals surface area (Å²) in [6, 6.07) is 10.6. The molecule has 2 heterocycles. The zero-order chi connectivity index (χ0) is 22.3. The van der Waals surface area contributed by atoms with Gasteiger partial charge in [0.1, 0.15) is 5.69 Å². The largest absolute Gasteiger partial charge is 0.433 e. The van der Waals surface area contributed by atoms with Crippen molar-refractivity contribution in [1.82, 2.24) is 30.4 Å². The van der Waals surface area contributed by atoms with Crippen LogP contribution in [0.3, 0.4) is 0 Å². The van der Waals surface area contributed by atoms with E-state index in [1.165, 1.54) is 0 Å². The Bertz CT molecular complexity index is 1000. The predicted octanol–water partition coefficient (Wildman–Crippen LogP) is 3.02. The summed E-state index contributed by atoms with van der Waals surface area (Å²) in [6.45, 7) is 2.72. The van der Waals surface area contributed by atoms with E-state index in [-0.39, 0.29) is 12.0 Å². The van der Waals surface area contributed by atoms with E-state index in [2.05, 4.69) is 36.0 Å². The van der Waals surface area contributed by atoms with Crippen LogP contribution in [0.15, 0.2) is 60.0 Å². The number of hydrogen-bond donors (Lipinski definition) is 3. The van der Waals surface area contributed by atoms with Crippen LogP contribution in [0.1, 0.15) is 24.2 Å². The standard InChI is InChI=1S/C20H23F3N8/c1-14(15-5-3-6-16(13-15)31-12-4-8-28-31)29-18(24-2)26-10-11-27-19-25-9-7-17(30-19)20(21,22)23/h3-9,12-14H,10-11H2,1-2H3,(H2,24,26,29)(H,25,27,30). The molecule has 0 bridgehead atoms. The number of nitrogens with one attached hydrogen (secondary N) is 3. The number of aromatic nitrogens is 4. The highest BCUT2D eigenvalue weighted by molar-refractivity contribution is 5.80. The fourth-order valence-electron chi connectivity index (χ4n) is 2.80. The van der Waals surface area contributed by atoms with Gasteiger partial charge in [-0.05, 0) is 36.8 Å². The average Bonchev–Trinajstić information content (AvgIpc) is 3.30. The maximum Gasteiger partial charge on any atom is 0.433 e. The van der Waals surface area contributed by atoms with Crippen molar-refractivity contribution in [2.75, 3.05) is 25.5 Å². The van der Waals surface area contributed by atoms with Crippen molar-refractivity contribution in [1.29, 1.82) is 0 Å². The summed E-state index contributed by atoms with van der Waals surface area (Å²) in [7, 11) is 1.64. The molecule has 2 aromatic heterocycles. The Kier molecular flexibility index (Phi) is 7.06. The Balaban J connectivity index is 1.50. The highest BCUT2D eigenvalue weighted by atomic mass is 19.4. The van der Waals surface area contributed by atoms with Gasteiger partial charge in [0.05, 0.1) is 11.7 Å². The molecule has 1 atom stereocenters. The number of hydrogen-bond acceptors (Lipinski definition) is 5. The molecular weight excluding hydrogens is 409 g/mol. The summed E-state index contributed by atoms with van der Waals surface area (Å²) >= 11 is 0. The number of halogens is 3. The molecule has 3 rings (SSSR count). The fraction of sp³-hybridized carbons (Fsp3) is 0.300. The molecule has 0 aliphatic rings. The van der Waals surface area contributed by atoms with E-state index in [0.717, 1.165) is 23.5 Å². The quantitative estimate of drug-likeness (QED) is 0.302. The van der Waals surface area contributed by atoms with Gasteiger partial charge in [-0.25, -0.2) is 14.6 Å². The number of guanidine groups is 1. The lowest BCUT2D eigenvalue weighted by atomic mass is 10.1. The minimum absolute atomic E-state index is 0.0403. The molecule has 3 aromatic rings. The van der Waals surface area contributed by atoms with E-state index in [1.807, 2.05) is 43.5 Å². The normalized spacial score (nSPS) is 13.0. The second-order valence-electron chi connectivity index (χ2n) is 6.60. The molecule has 0 aliphatic carbocycles. The van der Waals surface area contributed by atoms with Crippen molar-refractivity contribution in [3.63, 3.8) is 0 Å². The molecule has 0 saturated carbocycles. The summed E-state index contributed by atoms with van der Waals surface area (Å²) in [4.78, 5) is 11.5. The third-order valence-corrected chi connectivity index (χ3v) is 4.36. The molecule has 3 N–H and O–H groups in total. The van der Waals surface area contributed by atoms with Gasteiger partial charge in [-0.1, -0.05) is 12.1 Å². The van der Waals surface area contributed by atoms with Gasteiger partial charge >= 0.3 is 6.18 Å². The molecule has 0 spiro atoms. The zero-order valence-electron chi connectivity index (χ0n) is 17.1. The number of alkyl halides is 3. The van der Waals surface area contributed by atoms with Crippen LogP contribution in [0, 0.1) is 0 Å². The number of benzene rings is 1. The van der Waals surface area contributed by atoms with Gasteiger partial charge in [0.25, 0.3) is 0 Å². The molecule has 8 nitrogen and oxygen atoms in total. The minimum atomic E-state index is -4.51. The lowest BCUT2D eigenvalue weighted by Gasteiger charge is -2.19.